The third-order valence-corrected chi connectivity index (χ3v) is 7.47. The van der Waals surface area contributed by atoms with Gasteiger partial charge in [0.1, 0.15) is 35.5 Å². The van der Waals surface area contributed by atoms with Crippen LogP contribution >= 0.6 is 0 Å². The maximum Gasteiger partial charge on any atom is 0.195 e. The lowest BCUT2D eigenvalue weighted by Crippen LogP contribution is -2.57. The van der Waals surface area contributed by atoms with E-state index in [9.17, 15) is 28.6 Å². The molecule has 2 aromatic heterocycles. The van der Waals surface area contributed by atoms with E-state index in [1.54, 1.807) is 6.07 Å². The summed E-state index contributed by atoms with van der Waals surface area (Å²) < 4.78 is 59.9. The number of nitrogens with zero attached hydrogens (tertiary/aromatic N) is 5. The Balaban J connectivity index is 1.43. The average molecular weight is 534 g/mol. The zero-order valence-electron chi connectivity index (χ0n) is 20.4. The van der Waals surface area contributed by atoms with Crippen molar-refractivity contribution in [1.82, 2.24) is 20.2 Å². The summed E-state index contributed by atoms with van der Waals surface area (Å²) in [5.41, 5.74) is -0.609. The van der Waals surface area contributed by atoms with Gasteiger partial charge >= 0.3 is 0 Å². The van der Waals surface area contributed by atoms with Gasteiger partial charge in [0.25, 0.3) is 0 Å². The number of benzene rings is 1. The lowest BCUT2D eigenvalue weighted by atomic mass is 9.85. The molecule has 2 aliphatic rings. The van der Waals surface area contributed by atoms with E-state index in [0.29, 0.717) is 24.3 Å². The maximum absolute atomic E-state index is 14.4. The topological polar surface area (TPSA) is 139 Å². The highest BCUT2D eigenvalue weighted by Crippen LogP contribution is 2.41. The molecule has 202 valence electrons. The van der Waals surface area contributed by atoms with E-state index in [4.69, 9.17) is 14.0 Å². The second kappa shape index (κ2) is 10.5. The van der Waals surface area contributed by atoms with E-state index >= 15 is 0 Å². The van der Waals surface area contributed by atoms with Crippen LogP contribution in [0.4, 0.5) is 13.2 Å². The van der Waals surface area contributed by atoms with Gasteiger partial charge in [-0.15, -0.1) is 5.10 Å². The van der Waals surface area contributed by atoms with Crippen molar-refractivity contribution >= 4 is 0 Å². The van der Waals surface area contributed by atoms with Gasteiger partial charge in [0.15, 0.2) is 23.2 Å². The minimum absolute atomic E-state index is 0.0912. The molecule has 0 unspecified atom stereocenters. The number of nitriles is 1. The van der Waals surface area contributed by atoms with Crippen molar-refractivity contribution in [2.75, 3.05) is 13.7 Å². The molecule has 0 radical (unpaired) electrons. The Bertz CT molecular complexity index is 1340. The van der Waals surface area contributed by atoms with Crippen LogP contribution in [-0.2, 0) is 21.3 Å². The molecule has 2 fully saturated rings. The first kappa shape index (κ1) is 26.3. The normalized spacial score (nSPS) is 26.9. The number of hydrogen-bond donors (Lipinski definition) is 2. The second-order valence-electron chi connectivity index (χ2n) is 9.67. The predicted octanol–water partition coefficient (Wildman–Crippen LogP) is 2.61. The van der Waals surface area contributed by atoms with Gasteiger partial charge in [0, 0.05) is 25.2 Å². The molecule has 38 heavy (non-hydrogen) atoms. The Kier molecular flexibility index (Phi) is 7.23. The molecular formula is C25H26F3N5O5. The number of aliphatic hydroxyl groups is 2. The Hall–Kier alpha value is -3.31. The molecular weight excluding hydrogens is 507 g/mol. The van der Waals surface area contributed by atoms with Crippen molar-refractivity contribution in [3.05, 3.63) is 53.3 Å². The predicted molar refractivity (Wildman–Crippen MR) is 123 cm³/mol. The van der Waals surface area contributed by atoms with E-state index in [0.717, 1.165) is 25.0 Å². The van der Waals surface area contributed by atoms with E-state index in [-0.39, 0.29) is 17.7 Å². The fraction of sp³-hybridized carbons (Fsp3) is 0.520. The molecule has 3 heterocycles. The summed E-state index contributed by atoms with van der Waals surface area (Å²) in [4.78, 5) is 0. The highest BCUT2D eigenvalue weighted by atomic mass is 19.2. The van der Waals surface area contributed by atoms with Crippen LogP contribution in [0.5, 0.6) is 0 Å². The Morgan fingerprint density at radius 1 is 1.21 bits per heavy atom. The minimum Gasteiger partial charge on any atom is -0.394 e. The molecule has 1 saturated carbocycles. The molecule has 5 rings (SSSR count). The summed E-state index contributed by atoms with van der Waals surface area (Å²) in [5, 5.41) is 42.6. The van der Waals surface area contributed by atoms with Gasteiger partial charge in [-0.3, -0.25) is 0 Å². The van der Waals surface area contributed by atoms with Crippen LogP contribution in [0.25, 0.3) is 11.3 Å². The van der Waals surface area contributed by atoms with Gasteiger partial charge < -0.3 is 24.2 Å². The van der Waals surface area contributed by atoms with Crippen LogP contribution in [0.15, 0.2) is 28.9 Å². The van der Waals surface area contributed by atoms with Crippen LogP contribution in [0, 0.1) is 28.8 Å². The number of aliphatic hydroxyl groups excluding tert-OH is 2. The number of halogens is 3. The highest BCUT2D eigenvalue weighted by Gasteiger charge is 2.47. The number of ether oxygens (including phenoxy) is 2. The van der Waals surface area contributed by atoms with Crippen molar-refractivity contribution in [1.29, 1.82) is 5.26 Å². The lowest BCUT2D eigenvalue weighted by Gasteiger charge is -2.43. The van der Waals surface area contributed by atoms with Crippen LogP contribution in [0.3, 0.4) is 0 Å². The van der Waals surface area contributed by atoms with Gasteiger partial charge in [0.05, 0.1) is 30.7 Å². The molecule has 13 heteroatoms. The minimum atomic E-state index is -1.64. The van der Waals surface area contributed by atoms with Crippen LogP contribution in [0.2, 0.25) is 0 Å². The van der Waals surface area contributed by atoms with Crippen LogP contribution < -0.4 is 0 Å². The first-order chi connectivity index (χ1) is 18.3. The third kappa shape index (κ3) is 4.47. The zero-order valence-corrected chi connectivity index (χ0v) is 20.4. The van der Waals surface area contributed by atoms with Gasteiger partial charge in [0.2, 0.25) is 0 Å². The van der Waals surface area contributed by atoms with Crippen molar-refractivity contribution in [3.8, 4) is 17.3 Å². The van der Waals surface area contributed by atoms with E-state index in [1.807, 2.05) is 0 Å². The van der Waals surface area contributed by atoms with Gasteiger partial charge in [-0.2, -0.15) is 5.26 Å². The maximum atomic E-state index is 14.4. The summed E-state index contributed by atoms with van der Waals surface area (Å²) in [7, 11) is 1.41. The molecule has 1 saturated heterocycles. The van der Waals surface area contributed by atoms with Crippen molar-refractivity contribution in [2.24, 2.45) is 0 Å². The molecule has 1 aliphatic heterocycles. The average Bonchev–Trinajstić information content (AvgIpc) is 3.69. The lowest BCUT2D eigenvalue weighted by molar-refractivity contribution is -0.212. The summed E-state index contributed by atoms with van der Waals surface area (Å²) in [6, 6.07) is 4.95. The Morgan fingerprint density at radius 2 is 1.97 bits per heavy atom. The Labute approximate surface area is 215 Å². The summed E-state index contributed by atoms with van der Waals surface area (Å²) in [6.07, 6.45) is 0.751. The molecule has 0 amide bonds. The number of methoxy groups -OCH3 is 1. The van der Waals surface area contributed by atoms with Gasteiger partial charge in [-0.25, -0.2) is 17.9 Å². The zero-order chi connectivity index (χ0) is 27.0. The smallest absolute Gasteiger partial charge is 0.195 e. The van der Waals surface area contributed by atoms with E-state index < -0.39 is 59.9 Å². The summed E-state index contributed by atoms with van der Waals surface area (Å²) in [6.45, 7) is -0.522. The summed E-state index contributed by atoms with van der Waals surface area (Å²) in [5.74, 6) is -3.91. The fourth-order valence-corrected chi connectivity index (χ4v) is 5.43. The number of rotatable bonds is 7. The molecule has 3 aromatic rings. The standard InChI is InChI=1S/C25H26F3N5O5/c1-36-24-17(8-13-9-19(38-31-13)25(12-29)6-2-3-7-25)37-18(11-34)23(35)22(24)33-10-16(30-32-33)14-4-5-15(26)21(28)20(14)27/h4-5,9-10,17-18,22-24,34-35H,2-3,6-8,11H2,1H3/t17-,18-,22+,23+,24+/m1/s1. The Morgan fingerprint density at radius 3 is 2.66 bits per heavy atom. The molecule has 5 atom stereocenters. The highest BCUT2D eigenvalue weighted by molar-refractivity contribution is 5.58. The first-order valence-corrected chi connectivity index (χ1v) is 12.2. The van der Waals surface area contributed by atoms with Crippen LogP contribution in [0.1, 0.15) is 43.2 Å². The third-order valence-electron chi connectivity index (χ3n) is 7.47. The van der Waals surface area contributed by atoms with Crippen molar-refractivity contribution in [3.63, 3.8) is 0 Å². The largest absolute Gasteiger partial charge is 0.394 e. The number of hydrogen-bond acceptors (Lipinski definition) is 9. The molecule has 0 bridgehead atoms. The SMILES string of the molecule is CO[C@@H]1[C@@H](n2cc(-c3ccc(F)c(F)c3F)nn2)[C@@H](O)[C@@H](CO)O[C@@H]1Cc1cc(C2(C#N)CCCC2)on1. The summed E-state index contributed by atoms with van der Waals surface area (Å²) >= 11 is 0. The molecule has 10 nitrogen and oxygen atoms in total. The molecule has 1 aliphatic carbocycles. The van der Waals surface area contributed by atoms with E-state index in [1.165, 1.54) is 18.0 Å². The van der Waals surface area contributed by atoms with Crippen LogP contribution in [-0.4, -0.2) is 68.5 Å². The number of aromatic nitrogens is 4. The molecule has 2 N–H and O–H groups in total. The monoisotopic (exact) mass is 533 g/mol. The first-order valence-electron chi connectivity index (χ1n) is 12.2. The van der Waals surface area contributed by atoms with Gasteiger partial charge in [-0.1, -0.05) is 23.2 Å². The molecule has 1 aromatic carbocycles. The quantitative estimate of drug-likeness (QED) is 0.439. The van der Waals surface area contributed by atoms with Crippen molar-refractivity contribution < 1.29 is 37.4 Å². The fourth-order valence-electron chi connectivity index (χ4n) is 5.43. The van der Waals surface area contributed by atoms with E-state index in [2.05, 4.69) is 21.5 Å². The second-order valence-corrected chi connectivity index (χ2v) is 9.67. The van der Waals surface area contributed by atoms with Gasteiger partial charge in [-0.05, 0) is 25.0 Å². The van der Waals surface area contributed by atoms with Crippen molar-refractivity contribution in [2.45, 2.75) is 68.0 Å². The molecule has 0 spiro atoms.